The Morgan fingerprint density at radius 2 is 1.91 bits per heavy atom. The van der Waals surface area contributed by atoms with Crippen LogP contribution in [-0.4, -0.2) is 35.2 Å². The lowest BCUT2D eigenvalue weighted by molar-refractivity contribution is 0.101. The maximum Gasteiger partial charge on any atom is 0.273 e. The fourth-order valence-corrected chi connectivity index (χ4v) is 3.84. The highest BCUT2D eigenvalue weighted by Crippen LogP contribution is 2.24. The van der Waals surface area contributed by atoms with Crippen LogP contribution in [0.3, 0.4) is 0 Å². The van der Waals surface area contributed by atoms with Crippen molar-refractivity contribution in [1.82, 2.24) is 29.3 Å². The molecule has 0 unspecified atom stereocenters. The number of hydrogen-bond acceptors (Lipinski definition) is 7. The number of amides is 1. The number of thiophene rings is 1. The van der Waals surface area contributed by atoms with Crippen molar-refractivity contribution in [3.63, 3.8) is 0 Å². The predicted molar refractivity (Wildman–Crippen MR) is 123 cm³/mol. The van der Waals surface area contributed by atoms with Crippen molar-refractivity contribution in [2.75, 3.05) is 10.6 Å². The lowest BCUT2D eigenvalue weighted by Crippen LogP contribution is -2.15. The van der Waals surface area contributed by atoms with Crippen LogP contribution < -0.4 is 10.6 Å². The van der Waals surface area contributed by atoms with E-state index in [0.29, 0.717) is 23.0 Å². The molecule has 5 rings (SSSR count). The van der Waals surface area contributed by atoms with Gasteiger partial charge in [0.15, 0.2) is 0 Å². The molecule has 0 bridgehead atoms. The lowest BCUT2D eigenvalue weighted by Gasteiger charge is -2.09. The van der Waals surface area contributed by atoms with Crippen molar-refractivity contribution in [2.24, 2.45) is 7.05 Å². The Morgan fingerprint density at radius 1 is 1.06 bits per heavy atom. The van der Waals surface area contributed by atoms with E-state index in [0.717, 1.165) is 16.3 Å². The van der Waals surface area contributed by atoms with E-state index in [1.54, 1.807) is 46.2 Å². The number of benzene rings is 1. The number of carbonyl (C=O) groups excluding carboxylic acids is 1. The molecule has 5 aromatic rings. The van der Waals surface area contributed by atoms with Gasteiger partial charge in [-0.15, -0.1) is 11.3 Å². The Morgan fingerprint density at radius 3 is 2.66 bits per heavy atom. The summed E-state index contributed by atoms with van der Waals surface area (Å²) in [6.07, 6.45) is 6.67. The van der Waals surface area contributed by atoms with Crippen molar-refractivity contribution in [1.29, 1.82) is 0 Å². The number of aryl methyl sites for hydroxylation is 1. The monoisotopic (exact) mass is 442 g/mol. The minimum atomic E-state index is -0.218. The molecule has 2 N–H and O–H groups in total. The Kier molecular flexibility index (Phi) is 5.18. The van der Waals surface area contributed by atoms with Gasteiger partial charge < -0.3 is 10.6 Å². The maximum absolute atomic E-state index is 12.7. The molecule has 0 saturated heterocycles. The molecule has 10 heteroatoms. The predicted octanol–water partition coefficient (Wildman–Crippen LogP) is 4.12. The van der Waals surface area contributed by atoms with E-state index in [2.05, 4.69) is 30.7 Å². The number of carbonyl (C=O) groups is 1. The van der Waals surface area contributed by atoms with Crippen LogP contribution in [0.25, 0.3) is 16.4 Å². The van der Waals surface area contributed by atoms with Crippen LogP contribution in [0.15, 0.2) is 79.0 Å². The highest BCUT2D eigenvalue weighted by molar-refractivity contribution is 7.13. The van der Waals surface area contributed by atoms with E-state index in [-0.39, 0.29) is 5.91 Å². The van der Waals surface area contributed by atoms with Gasteiger partial charge in [-0.25, -0.2) is 15.0 Å². The zero-order valence-electron chi connectivity index (χ0n) is 17.0. The van der Waals surface area contributed by atoms with Crippen molar-refractivity contribution < 1.29 is 4.79 Å². The smallest absolute Gasteiger partial charge is 0.273 e. The summed E-state index contributed by atoms with van der Waals surface area (Å²) in [7, 11) is 1.76. The van der Waals surface area contributed by atoms with E-state index in [4.69, 9.17) is 0 Å². The molecule has 0 radical (unpaired) electrons. The Balaban J connectivity index is 1.26. The van der Waals surface area contributed by atoms with Crippen molar-refractivity contribution in [3.05, 3.63) is 84.7 Å². The Bertz CT molecular complexity index is 1340. The van der Waals surface area contributed by atoms with Gasteiger partial charge in [0.25, 0.3) is 5.91 Å². The first-order valence-corrected chi connectivity index (χ1v) is 10.6. The fraction of sp³-hybridized carbons (Fsp3) is 0.0455. The quantitative estimate of drug-likeness (QED) is 0.410. The van der Waals surface area contributed by atoms with Crippen LogP contribution in [0.4, 0.5) is 17.2 Å². The molecule has 0 aliphatic heterocycles. The van der Waals surface area contributed by atoms with Crippen LogP contribution in [0.2, 0.25) is 0 Å². The normalized spacial score (nSPS) is 10.8. The van der Waals surface area contributed by atoms with Gasteiger partial charge in [-0.1, -0.05) is 6.07 Å². The van der Waals surface area contributed by atoms with E-state index >= 15 is 0 Å². The highest BCUT2D eigenvalue weighted by atomic mass is 32.1. The largest absolute Gasteiger partial charge is 0.340 e. The second kappa shape index (κ2) is 8.44. The number of aromatic nitrogens is 6. The molecule has 1 amide bonds. The first-order valence-electron chi connectivity index (χ1n) is 9.72. The number of nitrogens with zero attached hydrogens (tertiary/aromatic N) is 6. The van der Waals surface area contributed by atoms with Gasteiger partial charge in [-0.3, -0.25) is 14.0 Å². The minimum absolute atomic E-state index is 0.218. The number of rotatable bonds is 6. The third-order valence-electron chi connectivity index (χ3n) is 4.72. The third-order valence-corrected chi connectivity index (χ3v) is 5.62. The number of imidazole rings is 1. The molecule has 0 aliphatic carbocycles. The van der Waals surface area contributed by atoms with Gasteiger partial charge >= 0.3 is 0 Å². The average molecular weight is 443 g/mol. The molecule has 32 heavy (non-hydrogen) atoms. The zero-order chi connectivity index (χ0) is 21.9. The van der Waals surface area contributed by atoms with Gasteiger partial charge in [0.05, 0.1) is 4.88 Å². The van der Waals surface area contributed by atoms with Crippen LogP contribution in [-0.2, 0) is 7.05 Å². The van der Waals surface area contributed by atoms with E-state index in [1.165, 1.54) is 6.33 Å². The van der Waals surface area contributed by atoms with Crippen molar-refractivity contribution in [2.45, 2.75) is 0 Å². The molecule has 0 saturated carbocycles. The zero-order valence-corrected chi connectivity index (χ0v) is 17.8. The van der Waals surface area contributed by atoms with Crippen LogP contribution in [0.5, 0.6) is 0 Å². The van der Waals surface area contributed by atoms with E-state index < -0.39 is 0 Å². The minimum Gasteiger partial charge on any atom is -0.340 e. The van der Waals surface area contributed by atoms with Gasteiger partial charge in [-0.05, 0) is 41.8 Å². The summed E-state index contributed by atoms with van der Waals surface area (Å²) in [5.74, 6) is 1.14. The molecule has 9 nitrogen and oxygen atoms in total. The number of anilines is 3. The second-order valence-electron chi connectivity index (χ2n) is 6.90. The molecule has 4 aromatic heterocycles. The van der Waals surface area contributed by atoms with E-state index in [1.807, 2.05) is 54.0 Å². The van der Waals surface area contributed by atoms with Gasteiger partial charge in [0.1, 0.15) is 35.7 Å². The maximum atomic E-state index is 12.7. The summed E-state index contributed by atoms with van der Waals surface area (Å²) in [6, 6.07) is 15.0. The van der Waals surface area contributed by atoms with Crippen molar-refractivity contribution >= 4 is 34.4 Å². The molecular formula is C22H18N8OS. The molecule has 1 aromatic carbocycles. The lowest BCUT2D eigenvalue weighted by atomic mass is 10.2. The Hall–Kier alpha value is -4.31. The summed E-state index contributed by atoms with van der Waals surface area (Å²) < 4.78 is 3.39. The summed E-state index contributed by atoms with van der Waals surface area (Å²) in [4.78, 5) is 26.3. The summed E-state index contributed by atoms with van der Waals surface area (Å²) in [5.41, 5.74) is 2.79. The van der Waals surface area contributed by atoms with Gasteiger partial charge in [-0.2, -0.15) is 5.10 Å². The number of hydrogen-bond donors (Lipinski definition) is 2. The first-order chi connectivity index (χ1) is 15.7. The summed E-state index contributed by atoms with van der Waals surface area (Å²) in [6.45, 7) is 0. The fourth-order valence-electron chi connectivity index (χ4n) is 3.16. The molecule has 0 aliphatic rings. The molecule has 4 heterocycles. The van der Waals surface area contributed by atoms with Crippen molar-refractivity contribution in [3.8, 4) is 16.4 Å². The highest BCUT2D eigenvalue weighted by Gasteiger charge is 2.15. The summed E-state index contributed by atoms with van der Waals surface area (Å²) in [5, 5.41) is 12.6. The van der Waals surface area contributed by atoms with Crippen LogP contribution >= 0.6 is 11.3 Å². The molecule has 0 spiro atoms. The number of nitrogens with one attached hydrogen (secondary N) is 2. The van der Waals surface area contributed by atoms with Crippen LogP contribution in [0, 0.1) is 0 Å². The standard InChI is InChI=1S/C22H18N8OS/c1-29-18(11-17(28-29)19-3-2-10-32-19)22(31)27-16-6-4-15(5-7-16)26-20-12-21(25-13-24-20)30-9-8-23-14-30/h2-14H,1H3,(H,27,31)(H,24,25,26). The molecule has 0 fully saturated rings. The molecular weight excluding hydrogens is 424 g/mol. The first kappa shape index (κ1) is 19.6. The van der Waals surface area contributed by atoms with Crippen LogP contribution in [0.1, 0.15) is 10.5 Å². The average Bonchev–Trinajstić information content (AvgIpc) is 3.57. The Labute approximate surface area is 187 Å². The molecule has 158 valence electrons. The summed E-state index contributed by atoms with van der Waals surface area (Å²) >= 11 is 1.59. The molecule has 0 atom stereocenters. The van der Waals surface area contributed by atoms with Gasteiger partial charge in [0, 0.05) is 36.9 Å². The third kappa shape index (κ3) is 4.12. The van der Waals surface area contributed by atoms with E-state index in [9.17, 15) is 4.79 Å². The topological polar surface area (TPSA) is 103 Å². The second-order valence-corrected chi connectivity index (χ2v) is 7.85. The van der Waals surface area contributed by atoms with Gasteiger partial charge in [0.2, 0.25) is 0 Å². The SMILES string of the molecule is Cn1nc(-c2cccs2)cc1C(=O)Nc1ccc(Nc2cc(-n3ccnc3)ncn2)cc1.